The SMILES string of the molecule is Cn1c2[n+](c3ccncc31)[N+]13c4c(cccc4-2)Oc2ccc4c(=O)c5cccc6c7ccc[n+]1c7n(c4c23)c56. The van der Waals surface area contributed by atoms with Gasteiger partial charge < -0.3 is 4.74 Å². The minimum Gasteiger partial charge on any atom is -0.444 e. The molecule has 0 radical (unpaired) electrons. The molecule has 8 heterocycles. The number of imidazole rings is 1. The van der Waals surface area contributed by atoms with Crippen LogP contribution in [-0.2, 0) is 7.05 Å². The van der Waals surface area contributed by atoms with Gasteiger partial charge in [0.2, 0.25) is 22.2 Å². The molecule has 11 rings (SSSR count). The van der Waals surface area contributed by atoms with Gasteiger partial charge >= 0.3 is 17.2 Å². The minimum absolute atomic E-state index is 0.0472. The number of pyridine rings is 3. The molecule has 180 valence electrons. The van der Waals surface area contributed by atoms with E-state index in [9.17, 15) is 4.79 Å². The van der Waals surface area contributed by atoms with Gasteiger partial charge in [0.1, 0.15) is 5.56 Å². The Morgan fingerprint density at radius 2 is 1.67 bits per heavy atom. The molecule has 1 atom stereocenters. The van der Waals surface area contributed by atoms with Crippen LogP contribution in [0.1, 0.15) is 0 Å². The van der Waals surface area contributed by atoms with E-state index in [-0.39, 0.29) is 10.1 Å². The molecule has 8 aromatic rings. The van der Waals surface area contributed by atoms with Crippen molar-refractivity contribution in [3.8, 4) is 22.9 Å². The number of fused-ring (bicyclic) bond motifs is 5. The lowest BCUT2D eigenvalue weighted by Crippen LogP contribution is -2.83. The summed E-state index contributed by atoms with van der Waals surface area (Å²) in [6, 6.07) is 22.6. The van der Waals surface area contributed by atoms with Crippen molar-refractivity contribution in [1.29, 1.82) is 0 Å². The number of rotatable bonds is 0. The Bertz CT molecular complexity index is 2580. The van der Waals surface area contributed by atoms with Crippen LogP contribution in [0, 0.1) is 0 Å². The fourth-order valence-electron chi connectivity index (χ4n) is 7.79. The summed E-state index contributed by atoms with van der Waals surface area (Å²) in [6.07, 6.45) is 5.93. The predicted octanol–water partition coefficient (Wildman–Crippen LogP) is 4.62. The zero-order valence-corrected chi connectivity index (χ0v) is 20.6. The molecule has 1 unspecified atom stereocenters. The monoisotopic (exact) mass is 505 g/mol. The molecule has 0 fully saturated rings. The largest absolute Gasteiger partial charge is 0.444 e. The lowest BCUT2D eigenvalue weighted by atomic mass is 10.0. The van der Waals surface area contributed by atoms with Crippen LogP contribution in [0.4, 0.5) is 11.4 Å². The number of quaternary nitrogens is 1. The van der Waals surface area contributed by atoms with Crippen molar-refractivity contribution in [2.24, 2.45) is 7.05 Å². The molecule has 0 amide bonds. The van der Waals surface area contributed by atoms with E-state index < -0.39 is 0 Å². The highest BCUT2D eigenvalue weighted by Gasteiger charge is 2.68. The van der Waals surface area contributed by atoms with Gasteiger partial charge in [-0.05, 0) is 53.2 Å². The van der Waals surface area contributed by atoms with Gasteiger partial charge in [0.05, 0.1) is 34.1 Å². The third-order valence-electron chi connectivity index (χ3n) is 9.11. The summed E-state index contributed by atoms with van der Waals surface area (Å²) < 4.78 is 16.2. The van der Waals surface area contributed by atoms with E-state index in [2.05, 4.69) is 72.9 Å². The fraction of sp³-hybridized carbons (Fsp3) is 0.0323. The highest BCUT2D eigenvalue weighted by Crippen LogP contribution is 2.59. The Morgan fingerprint density at radius 1 is 0.846 bits per heavy atom. The van der Waals surface area contributed by atoms with E-state index in [1.807, 2.05) is 42.7 Å². The summed E-state index contributed by atoms with van der Waals surface area (Å²) in [6.45, 7) is 0. The highest BCUT2D eigenvalue weighted by molar-refractivity contribution is 6.17. The number of hydrogen-bond donors (Lipinski definition) is 0. The first-order chi connectivity index (χ1) is 19.2. The molecule has 3 aliphatic rings. The number of aryl methyl sites for hydroxylation is 1. The van der Waals surface area contributed by atoms with Gasteiger partial charge in [-0.15, -0.1) is 0 Å². The molecule has 1 spiro atoms. The van der Waals surface area contributed by atoms with Crippen LogP contribution >= 0.6 is 0 Å². The van der Waals surface area contributed by atoms with Gasteiger partial charge in [0.25, 0.3) is 5.69 Å². The number of aromatic nitrogens is 5. The summed E-state index contributed by atoms with van der Waals surface area (Å²) in [4.78, 5) is 18.6. The smallest absolute Gasteiger partial charge is 0.352 e. The van der Waals surface area contributed by atoms with Gasteiger partial charge in [-0.25, -0.2) is 4.57 Å². The van der Waals surface area contributed by atoms with Crippen LogP contribution in [0.3, 0.4) is 0 Å². The molecule has 5 aromatic heterocycles. The van der Waals surface area contributed by atoms with Crippen molar-refractivity contribution in [2.45, 2.75) is 0 Å². The van der Waals surface area contributed by atoms with E-state index in [0.29, 0.717) is 5.39 Å². The van der Waals surface area contributed by atoms with E-state index >= 15 is 0 Å². The van der Waals surface area contributed by atoms with Gasteiger partial charge in [-0.3, -0.25) is 9.78 Å². The molecule has 0 bridgehead atoms. The fourth-order valence-corrected chi connectivity index (χ4v) is 7.79. The summed E-state index contributed by atoms with van der Waals surface area (Å²) in [7, 11) is 2.09. The van der Waals surface area contributed by atoms with Crippen molar-refractivity contribution < 1.29 is 14.1 Å². The number of nitrogens with zero attached hydrogens (tertiary/aromatic N) is 6. The zero-order valence-electron chi connectivity index (χ0n) is 20.6. The van der Waals surface area contributed by atoms with Gasteiger partial charge in [-0.1, -0.05) is 12.1 Å². The maximum absolute atomic E-state index is 14.1. The lowest BCUT2D eigenvalue weighted by Gasteiger charge is -2.32. The Hall–Kier alpha value is -5.34. The molecule has 8 nitrogen and oxygen atoms in total. The van der Waals surface area contributed by atoms with Crippen LogP contribution in [0.5, 0.6) is 11.5 Å². The third-order valence-corrected chi connectivity index (χ3v) is 9.11. The molecular weight excluding hydrogens is 488 g/mol. The van der Waals surface area contributed by atoms with Crippen LogP contribution in [-0.4, -0.2) is 14.0 Å². The first-order valence-corrected chi connectivity index (χ1v) is 13.0. The molecule has 0 saturated heterocycles. The molecule has 0 N–H and O–H groups in total. The Balaban J connectivity index is 1.56. The summed E-state index contributed by atoms with van der Waals surface area (Å²) in [5.74, 6) is 2.61. The quantitative estimate of drug-likeness (QED) is 0.172. The van der Waals surface area contributed by atoms with E-state index in [4.69, 9.17) is 4.74 Å². The summed E-state index contributed by atoms with van der Waals surface area (Å²) >= 11 is 0. The van der Waals surface area contributed by atoms with Crippen molar-refractivity contribution in [1.82, 2.24) is 18.7 Å². The Morgan fingerprint density at radius 3 is 2.62 bits per heavy atom. The first kappa shape index (κ1) is 18.8. The van der Waals surface area contributed by atoms with Crippen LogP contribution in [0.25, 0.3) is 60.6 Å². The lowest BCUT2D eigenvalue weighted by molar-refractivity contribution is -1.01. The van der Waals surface area contributed by atoms with Crippen LogP contribution in [0.15, 0.2) is 90.1 Å². The molecule has 8 heteroatoms. The Labute approximate surface area is 218 Å². The maximum Gasteiger partial charge on any atom is 0.352 e. The molecular formula is C31H17N6O2+3. The summed E-state index contributed by atoms with van der Waals surface area (Å²) in [5, 5.41) is 3.62. The van der Waals surface area contributed by atoms with Crippen molar-refractivity contribution >= 4 is 60.6 Å². The highest BCUT2D eigenvalue weighted by atomic mass is 16.5. The topological polar surface area (TPSA) is 56.3 Å². The van der Waals surface area contributed by atoms with Gasteiger partial charge in [0, 0.05) is 22.3 Å². The van der Waals surface area contributed by atoms with E-state index in [1.165, 1.54) is 0 Å². The average molecular weight is 506 g/mol. The van der Waals surface area contributed by atoms with Crippen LogP contribution in [0.2, 0.25) is 0 Å². The van der Waals surface area contributed by atoms with Gasteiger partial charge in [0.15, 0.2) is 23.0 Å². The normalized spacial score (nSPS) is 17.8. The number of ether oxygens (including phenoxy) is 1. The molecule has 0 aliphatic carbocycles. The van der Waals surface area contributed by atoms with Crippen molar-refractivity contribution in [3.63, 3.8) is 0 Å². The van der Waals surface area contributed by atoms with E-state index in [1.54, 1.807) is 0 Å². The molecule has 0 saturated carbocycles. The second kappa shape index (κ2) is 5.57. The molecule has 39 heavy (non-hydrogen) atoms. The average Bonchev–Trinajstić information content (AvgIpc) is 3.58. The molecule has 3 aromatic carbocycles. The molecule has 3 aliphatic heterocycles. The number of para-hydroxylation sites is 2. The standard InChI is InChI=1S/C31H17N6O2/c1-33-22-15-32-13-12-21(22)36-30(33)20-7-3-9-23-27(20)37(36)28-24(39-23)11-10-19-26(28)35-25-16(5-2-6-18(25)29(19)38)17-8-4-14-34(37)31(17)35/h2-15H,1H3/q+3. The second-order valence-electron chi connectivity index (χ2n) is 10.7. The van der Waals surface area contributed by atoms with Crippen LogP contribution < -0.4 is 24.2 Å². The van der Waals surface area contributed by atoms with Crippen molar-refractivity contribution in [3.05, 3.63) is 95.5 Å². The Kier molecular flexibility index (Phi) is 2.69. The third kappa shape index (κ3) is 1.64. The van der Waals surface area contributed by atoms with E-state index in [0.717, 1.165) is 78.1 Å². The maximum atomic E-state index is 14.1. The second-order valence-corrected chi connectivity index (χ2v) is 10.7. The van der Waals surface area contributed by atoms with Gasteiger partial charge in [-0.2, -0.15) is 4.40 Å². The summed E-state index contributed by atoms with van der Waals surface area (Å²) in [5.41, 5.74) is 8.10. The first-order valence-electron chi connectivity index (χ1n) is 13.0. The predicted molar refractivity (Wildman–Crippen MR) is 146 cm³/mol. The minimum atomic E-state index is 0.0472. The number of benzene rings is 3. The number of hydrogen-bond acceptors (Lipinski definition) is 3. The zero-order chi connectivity index (χ0) is 25.4. The van der Waals surface area contributed by atoms with Crippen molar-refractivity contribution in [2.75, 3.05) is 0 Å².